The fourth-order valence-electron chi connectivity index (χ4n) is 2.62. The minimum Gasteiger partial charge on any atom is -0.482 e. The number of aromatic nitrogens is 3. The molecule has 158 valence electrons. The van der Waals surface area contributed by atoms with Gasteiger partial charge >= 0.3 is 0 Å². The molecular weight excluding hydrogens is 381 g/mol. The molecule has 7 heteroatoms. The first kappa shape index (κ1) is 7.64. The molecule has 0 saturated carbocycles. The molecule has 0 aliphatic carbocycles. The summed E-state index contributed by atoms with van der Waals surface area (Å²) in [6.07, 6.45) is -7.87. The molecule has 0 bridgehead atoms. The summed E-state index contributed by atoms with van der Waals surface area (Å²) in [7, 11) is 0. The Kier molecular flexibility index (Phi) is 2.15. The Balaban J connectivity index is 1.92. The highest BCUT2D eigenvalue weighted by molar-refractivity contribution is 5.66. The summed E-state index contributed by atoms with van der Waals surface area (Å²) >= 11 is 0. The molecule has 1 aliphatic rings. The highest BCUT2D eigenvalue weighted by atomic mass is 19.1. The van der Waals surface area contributed by atoms with E-state index in [9.17, 15) is 0 Å². The fraction of sp³-hybridized carbons (Fsp3) is 0.391. The van der Waals surface area contributed by atoms with E-state index in [4.69, 9.17) is 36.5 Å². The summed E-state index contributed by atoms with van der Waals surface area (Å²) in [6, 6.07) is -1.38. The summed E-state index contributed by atoms with van der Waals surface area (Å²) in [5.41, 5.74) is 1.85. The van der Waals surface area contributed by atoms with Gasteiger partial charge in [-0.1, -0.05) is 6.07 Å². The average Bonchev–Trinajstić information content (AvgIpc) is 3.40. The van der Waals surface area contributed by atoms with Gasteiger partial charge in [-0.2, -0.15) is 5.10 Å². The van der Waals surface area contributed by atoms with Crippen molar-refractivity contribution in [2.24, 2.45) is 0 Å². The maximum atomic E-state index is 15.1. The van der Waals surface area contributed by atoms with E-state index in [-0.39, 0.29) is 11.1 Å². The molecule has 1 saturated heterocycles. The fourth-order valence-corrected chi connectivity index (χ4v) is 2.62. The van der Waals surface area contributed by atoms with Crippen LogP contribution in [0, 0.1) is 19.5 Å². The number of piperidine rings is 1. The molecule has 3 aromatic rings. The normalized spacial score (nSPS) is 35.3. The highest BCUT2D eigenvalue weighted by Crippen LogP contribution is 2.33. The molecule has 1 atom stereocenters. The van der Waals surface area contributed by atoms with Crippen LogP contribution in [0.4, 0.5) is 10.2 Å². The van der Waals surface area contributed by atoms with Gasteiger partial charge < -0.3 is 15.8 Å². The average molecular weight is 429 g/mol. The molecule has 0 radical (unpaired) electrons. The lowest BCUT2D eigenvalue weighted by Gasteiger charge is -2.22. The zero-order chi connectivity index (χ0) is 37.8. The summed E-state index contributed by atoms with van der Waals surface area (Å²) < 4.78 is 176. The zero-order valence-corrected chi connectivity index (χ0v) is 15.2. The lowest BCUT2D eigenvalue weighted by atomic mass is 9.98. The first-order valence-corrected chi connectivity index (χ1v) is 8.41. The van der Waals surface area contributed by atoms with Crippen molar-refractivity contribution in [3.8, 4) is 16.9 Å². The molecule has 0 amide bonds. The van der Waals surface area contributed by atoms with Gasteiger partial charge in [0.1, 0.15) is 11.9 Å². The van der Waals surface area contributed by atoms with Crippen LogP contribution >= 0.6 is 0 Å². The molecule has 1 aliphatic heterocycles. The summed E-state index contributed by atoms with van der Waals surface area (Å²) in [5.74, 6) is -2.94. The summed E-state index contributed by atoms with van der Waals surface area (Å²) in [6.45, 7) is -17.1. The smallest absolute Gasteiger partial charge is 0.166 e. The molecule has 4 rings (SSSR count). The van der Waals surface area contributed by atoms with Crippen molar-refractivity contribution in [3.63, 3.8) is 0 Å². The van der Waals surface area contributed by atoms with Crippen LogP contribution in [0.1, 0.15) is 74.4 Å². The Bertz CT molecular complexity index is 1740. The van der Waals surface area contributed by atoms with E-state index in [0.29, 0.717) is 16.8 Å². The third kappa shape index (κ3) is 4.03. The summed E-state index contributed by atoms with van der Waals surface area (Å²) in [5, 5.41) is 5.43. The van der Waals surface area contributed by atoms with Crippen LogP contribution in [0.3, 0.4) is 0 Å². The number of nitrogens with one attached hydrogen (secondary N) is 1. The molecule has 2 aromatic heterocycles. The number of nitrogens with two attached hydrogens (primary N) is 1. The van der Waals surface area contributed by atoms with Crippen molar-refractivity contribution in [2.75, 3.05) is 18.7 Å². The van der Waals surface area contributed by atoms with Crippen molar-refractivity contribution in [3.05, 3.63) is 59.3 Å². The molecule has 0 unspecified atom stereocenters. The molecule has 3 heterocycles. The zero-order valence-electron chi connectivity index (χ0n) is 34.2. The van der Waals surface area contributed by atoms with Crippen LogP contribution in [-0.2, 0) is 0 Å². The number of nitrogens with zero attached hydrogens (tertiary/aromatic N) is 3. The second kappa shape index (κ2) is 8.44. The quantitative estimate of drug-likeness (QED) is 0.632. The number of pyridine rings is 1. The van der Waals surface area contributed by atoms with Crippen LogP contribution in [0.15, 0.2) is 36.8 Å². The first-order chi connectivity index (χ1) is 21.8. The number of ether oxygens (including phenoxy) is 1. The summed E-state index contributed by atoms with van der Waals surface area (Å²) in [4.78, 5) is 3.85. The maximum absolute atomic E-state index is 15.1. The largest absolute Gasteiger partial charge is 0.482 e. The first-order valence-electron chi connectivity index (χ1n) is 17.9. The van der Waals surface area contributed by atoms with E-state index in [1.807, 2.05) is 0 Å². The van der Waals surface area contributed by atoms with E-state index < -0.39 is 92.5 Å². The van der Waals surface area contributed by atoms with Gasteiger partial charge in [0.25, 0.3) is 0 Å². The monoisotopic (exact) mass is 428 g/mol. The second-order valence-corrected chi connectivity index (χ2v) is 6.03. The Morgan fingerprint density at radius 1 is 1.37 bits per heavy atom. The number of aryl methyl sites for hydroxylation is 1. The topological polar surface area (TPSA) is 78.0 Å². The number of anilines is 1. The van der Waals surface area contributed by atoms with Crippen LogP contribution in [0.2, 0.25) is 0 Å². The molecule has 1 fully saturated rings. The van der Waals surface area contributed by atoms with E-state index in [2.05, 4.69) is 10.1 Å². The SMILES string of the molecule is [2H]C([2H])([2H])c1ccc(F)c(C([2H])([2H])[2H])c1[C@@]([2H])(Oc1cc(-c2cnn(C3([2H])C([2H])([2H])C([2H])([2H])NC([2H])([2H])C3([2H])[2H])c2)cnc1N)C([2H])([2H])[2H]. The number of hydrogen-bond donors (Lipinski definition) is 2. The van der Waals surface area contributed by atoms with E-state index in [1.165, 1.54) is 0 Å². The number of hydrogen-bond acceptors (Lipinski definition) is 5. The number of nitrogen functional groups attached to an aromatic ring is 1. The van der Waals surface area contributed by atoms with Crippen LogP contribution in [0.5, 0.6) is 5.75 Å². The van der Waals surface area contributed by atoms with Gasteiger partial charge in [0.2, 0.25) is 0 Å². The minimum atomic E-state index is -3.73. The van der Waals surface area contributed by atoms with Gasteiger partial charge in [-0.25, -0.2) is 9.37 Å². The predicted octanol–water partition coefficient (Wildman–Crippen LogP) is 4.35. The Morgan fingerprint density at radius 2 is 2.23 bits per heavy atom. The molecule has 0 spiro atoms. The minimum absolute atomic E-state index is 0.153. The number of benzene rings is 1. The van der Waals surface area contributed by atoms with Gasteiger partial charge in [-0.05, 0) is 69.6 Å². The van der Waals surface area contributed by atoms with Crippen LogP contribution < -0.4 is 15.8 Å². The van der Waals surface area contributed by atoms with Crippen molar-refractivity contribution in [2.45, 2.75) is 45.4 Å². The Hall–Kier alpha value is -2.93. The van der Waals surface area contributed by atoms with Crippen molar-refractivity contribution in [1.82, 2.24) is 20.1 Å². The third-order valence-corrected chi connectivity index (χ3v) is 4.11. The Morgan fingerprint density at radius 3 is 3.00 bits per heavy atom. The van der Waals surface area contributed by atoms with Crippen molar-refractivity contribution < 1.29 is 35.2 Å². The van der Waals surface area contributed by atoms with Gasteiger partial charge in [-0.3, -0.25) is 4.68 Å². The standard InChI is InChI=1S/C23H28FN5O/c1-14-4-5-20(24)15(2)22(14)16(3)30-21-10-17(11-27-23(21)25)18-12-28-29(13-18)19-6-8-26-9-7-19/h4-5,10-13,16,19,26H,6-9H2,1-3H3,(H2,25,27)/t16-/m0/s1/i1D3,2D3,3D3,6D2,7D2,8D2,9D2,16D,19D. The third-order valence-electron chi connectivity index (χ3n) is 4.11. The molecular formula is C23H28FN5O. The van der Waals surface area contributed by atoms with Crippen LogP contribution in [0.25, 0.3) is 11.1 Å². The molecule has 6 nitrogen and oxygen atoms in total. The van der Waals surface area contributed by atoms with E-state index in [0.717, 1.165) is 24.7 Å². The highest BCUT2D eigenvalue weighted by Gasteiger charge is 2.19. The molecule has 30 heavy (non-hydrogen) atoms. The van der Waals surface area contributed by atoms with E-state index >= 15 is 4.39 Å². The lowest BCUT2D eigenvalue weighted by Crippen LogP contribution is -2.29. The molecule has 3 N–H and O–H groups in total. The van der Waals surface area contributed by atoms with Crippen molar-refractivity contribution >= 4 is 5.82 Å². The lowest BCUT2D eigenvalue weighted by molar-refractivity contribution is 0.225. The molecule has 1 aromatic carbocycles. The second-order valence-electron chi connectivity index (χ2n) is 6.03. The Labute approximate surface area is 203 Å². The van der Waals surface area contributed by atoms with Crippen LogP contribution in [-0.4, -0.2) is 27.8 Å². The number of rotatable bonds is 5. The van der Waals surface area contributed by atoms with Gasteiger partial charge in [0.15, 0.2) is 11.6 Å². The maximum Gasteiger partial charge on any atom is 0.166 e. The predicted molar refractivity (Wildman–Crippen MR) is 116 cm³/mol. The van der Waals surface area contributed by atoms with Gasteiger partial charge in [0.05, 0.1) is 15.0 Å². The van der Waals surface area contributed by atoms with Crippen molar-refractivity contribution in [1.29, 1.82) is 0 Å². The van der Waals surface area contributed by atoms with Gasteiger partial charge in [0, 0.05) is 52.4 Å². The number of halogens is 1. The van der Waals surface area contributed by atoms with E-state index in [1.54, 1.807) is 5.32 Å². The van der Waals surface area contributed by atoms with Gasteiger partial charge in [-0.15, -0.1) is 0 Å².